The van der Waals surface area contributed by atoms with Crippen molar-refractivity contribution in [3.63, 3.8) is 0 Å². The Bertz CT molecular complexity index is 533. The second-order valence-electron chi connectivity index (χ2n) is 3.49. The SMILES string of the molecule is Cc1ccccc1S(=O)(=O)OCC1=COCO1. The van der Waals surface area contributed by atoms with E-state index in [2.05, 4.69) is 0 Å². The van der Waals surface area contributed by atoms with Crippen LogP contribution in [0, 0.1) is 6.92 Å². The monoisotopic (exact) mass is 256 g/mol. The second kappa shape index (κ2) is 4.77. The molecule has 6 heteroatoms. The number of hydrogen-bond donors (Lipinski definition) is 0. The van der Waals surface area contributed by atoms with E-state index in [9.17, 15) is 8.42 Å². The zero-order valence-corrected chi connectivity index (χ0v) is 10.1. The molecule has 92 valence electrons. The Hall–Kier alpha value is -1.53. The molecule has 0 aromatic heterocycles. The maximum absolute atomic E-state index is 11.9. The highest BCUT2D eigenvalue weighted by atomic mass is 32.2. The van der Waals surface area contributed by atoms with Crippen molar-refractivity contribution in [1.82, 2.24) is 0 Å². The predicted molar refractivity (Wildman–Crippen MR) is 59.4 cm³/mol. The summed E-state index contributed by atoms with van der Waals surface area (Å²) >= 11 is 0. The molecular formula is C11H12O5S. The summed E-state index contributed by atoms with van der Waals surface area (Å²) in [5.41, 5.74) is 0.644. The molecule has 1 aliphatic heterocycles. The minimum Gasteiger partial charge on any atom is -0.462 e. The van der Waals surface area contributed by atoms with E-state index in [0.717, 1.165) is 0 Å². The lowest BCUT2D eigenvalue weighted by atomic mass is 10.2. The summed E-state index contributed by atoms with van der Waals surface area (Å²) in [5.74, 6) is 0.363. The van der Waals surface area contributed by atoms with Crippen LogP contribution in [0.15, 0.2) is 41.2 Å². The van der Waals surface area contributed by atoms with Crippen LogP contribution in [0.3, 0.4) is 0 Å². The molecule has 2 rings (SSSR count). The molecule has 1 aromatic rings. The van der Waals surface area contributed by atoms with Gasteiger partial charge in [0.05, 0.1) is 4.90 Å². The molecule has 0 spiro atoms. The first-order valence-corrected chi connectivity index (χ1v) is 6.39. The van der Waals surface area contributed by atoms with E-state index in [4.69, 9.17) is 13.7 Å². The number of ether oxygens (including phenoxy) is 2. The first-order valence-electron chi connectivity index (χ1n) is 4.98. The fourth-order valence-corrected chi connectivity index (χ4v) is 2.49. The Labute approximate surface area is 99.7 Å². The van der Waals surface area contributed by atoms with Crippen LogP contribution in [0.1, 0.15) is 5.56 Å². The van der Waals surface area contributed by atoms with Gasteiger partial charge in [-0.05, 0) is 18.6 Å². The number of aryl methyl sites for hydroxylation is 1. The molecule has 1 aromatic carbocycles. The minimum atomic E-state index is -3.75. The van der Waals surface area contributed by atoms with Crippen molar-refractivity contribution in [1.29, 1.82) is 0 Å². The fraction of sp³-hybridized carbons (Fsp3) is 0.273. The molecule has 0 unspecified atom stereocenters. The highest BCUT2D eigenvalue weighted by Crippen LogP contribution is 2.18. The van der Waals surface area contributed by atoms with Gasteiger partial charge in [0, 0.05) is 0 Å². The van der Waals surface area contributed by atoms with Crippen LogP contribution >= 0.6 is 0 Å². The average molecular weight is 256 g/mol. The lowest BCUT2D eigenvalue weighted by Gasteiger charge is -2.07. The molecule has 0 aliphatic carbocycles. The molecule has 5 nitrogen and oxygen atoms in total. The quantitative estimate of drug-likeness (QED) is 0.765. The van der Waals surface area contributed by atoms with E-state index in [1.807, 2.05) is 0 Å². The molecular weight excluding hydrogens is 244 g/mol. The number of hydrogen-bond acceptors (Lipinski definition) is 5. The molecule has 0 radical (unpaired) electrons. The van der Waals surface area contributed by atoms with Gasteiger partial charge in [0.25, 0.3) is 10.1 Å². The van der Waals surface area contributed by atoms with Crippen molar-refractivity contribution in [3.05, 3.63) is 41.9 Å². The Balaban J connectivity index is 2.11. The predicted octanol–water partition coefficient (Wildman–Crippen LogP) is 1.55. The van der Waals surface area contributed by atoms with Crippen molar-refractivity contribution in [2.75, 3.05) is 13.4 Å². The van der Waals surface area contributed by atoms with Gasteiger partial charge in [-0.3, -0.25) is 4.18 Å². The highest BCUT2D eigenvalue weighted by molar-refractivity contribution is 7.86. The minimum absolute atomic E-state index is 0.100. The third-order valence-electron chi connectivity index (χ3n) is 2.25. The third kappa shape index (κ3) is 2.78. The standard InChI is InChI=1S/C11H12O5S/c1-9-4-2-3-5-11(9)17(12,13)16-7-10-6-14-8-15-10/h2-6H,7-8H2,1H3. The molecule has 0 saturated carbocycles. The van der Waals surface area contributed by atoms with E-state index >= 15 is 0 Å². The summed E-state index contributed by atoms with van der Waals surface area (Å²) in [5, 5.41) is 0. The van der Waals surface area contributed by atoms with Gasteiger partial charge in [-0.2, -0.15) is 8.42 Å². The molecule has 0 N–H and O–H groups in total. The van der Waals surface area contributed by atoms with Gasteiger partial charge < -0.3 is 9.47 Å². The Kier molecular flexibility index (Phi) is 3.35. The highest BCUT2D eigenvalue weighted by Gasteiger charge is 2.19. The van der Waals surface area contributed by atoms with Crippen molar-refractivity contribution in [2.45, 2.75) is 11.8 Å². The number of rotatable bonds is 4. The van der Waals surface area contributed by atoms with E-state index in [1.54, 1.807) is 25.1 Å². The van der Waals surface area contributed by atoms with Gasteiger partial charge in [0.15, 0.2) is 5.76 Å². The van der Waals surface area contributed by atoms with Crippen molar-refractivity contribution >= 4 is 10.1 Å². The van der Waals surface area contributed by atoms with Crippen molar-refractivity contribution < 1.29 is 22.1 Å². The third-order valence-corrected chi connectivity index (χ3v) is 3.67. The first kappa shape index (κ1) is 11.9. The lowest BCUT2D eigenvalue weighted by Crippen LogP contribution is -2.10. The summed E-state index contributed by atoms with van der Waals surface area (Å²) in [7, 11) is -3.75. The zero-order valence-electron chi connectivity index (χ0n) is 9.25. The second-order valence-corrected chi connectivity index (χ2v) is 5.08. The summed E-state index contributed by atoms with van der Waals surface area (Å²) in [6.45, 7) is 1.66. The molecule has 0 amide bonds. The Morgan fingerprint density at radius 1 is 1.35 bits per heavy atom. The van der Waals surface area contributed by atoms with Gasteiger partial charge in [-0.15, -0.1) is 0 Å². The average Bonchev–Trinajstić information content (AvgIpc) is 2.80. The smallest absolute Gasteiger partial charge is 0.297 e. The van der Waals surface area contributed by atoms with Crippen molar-refractivity contribution in [3.8, 4) is 0 Å². The summed E-state index contributed by atoms with van der Waals surface area (Å²) in [6, 6.07) is 6.64. The Morgan fingerprint density at radius 3 is 2.76 bits per heavy atom. The zero-order chi connectivity index (χ0) is 12.3. The molecule has 0 saturated heterocycles. The molecule has 1 heterocycles. The van der Waals surface area contributed by atoms with Crippen LogP contribution in [-0.2, 0) is 23.8 Å². The molecule has 17 heavy (non-hydrogen) atoms. The van der Waals surface area contributed by atoms with Crippen LogP contribution in [0.2, 0.25) is 0 Å². The van der Waals surface area contributed by atoms with Gasteiger partial charge in [-0.25, -0.2) is 0 Å². The fourth-order valence-electron chi connectivity index (χ4n) is 1.38. The van der Waals surface area contributed by atoms with Gasteiger partial charge >= 0.3 is 0 Å². The van der Waals surface area contributed by atoms with Crippen LogP contribution in [0.25, 0.3) is 0 Å². The topological polar surface area (TPSA) is 61.8 Å². The summed E-state index contributed by atoms with van der Waals surface area (Å²) in [4.78, 5) is 0.166. The number of benzene rings is 1. The maximum Gasteiger partial charge on any atom is 0.297 e. The molecule has 0 atom stereocenters. The van der Waals surface area contributed by atoms with Crippen molar-refractivity contribution in [2.24, 2.45) is 0 Å². The van der Waals surface area contributed by atoms with E-state index < -0.39 is 10.1 Å². The van der Waals surface area contributed by atoms with Crippen LogP contribution in [-0.4, -0.2) is 21.8 Å². The van der Waals surface area contributed by atoms with Gasteiger partial charge in [0.2, 0.25) is 6.79 Å². The summed E-state index contributed by atoms with van der Waals surface area (Å²) < 4.78 is 38.4. The Morgan fingerprint density at radius 2 is 2.12 bits per heavy atom. The van der Waals surface area contributed by atoms with Crippen LogP contribution < -0.4 is 0 Å². The van der Waals surface area contributed by atoms with E-state index in [-0.39, 0.29) is 18.3 Å². The molecule has 0 fully saturated rings. The van der Waals surface area contributed by atoms with Gasteiger partial charge in [-0.1, -0.05) is 18.2 Å². The van der Waals surface area contributed by atoms with Crippen LogP contribution in [0.5, 0.6) is 0 Å². The van der Waals surface area contributed by atoms with E-state index in [1.165, 1.54) is 12.3 Å². The largest absolute Gasteiger partial charge is 0.462 e. The van der Waals surface area contributed by atoms with Gasteiger partial charge in [0.1, 0.15) is 12.9 Å². The normalized spacial score (nSPS) is 15.0. The van der Waals surface area contributed by atoms with Crippen LogP contribution in [0.4, 0.5) is 0 Å². The molecule has 0 bridgehead atoms. The van der Waals surface area contributed by atoms with E-state index in [0.29, 0.717) is 11.3 Å². The molecule has 1 aliphatic rings. The maximum atomic E-state index is 11.9. The lowest BCUT2D eigenvalue weighted by molar-refractivity contribution is 0.0717. The first-order chi connectivity index (χ1) is 8.09. The summed E-state index contributed by atoms with van der Waals surface area (Å²) in [6.07, 6.45) is 1.34.